The highest BCUT2D eigenvalue weighted by atomic mass is 32.2. The van der Waals surface area contributed by atoms with Crippen molar-refractivity contribution < 1.29 is 13.2 Å². The number of nitrogens with one attached hydrogen (secondary N) is 2. The van der Waals surface area contributed by atoms with Crippen molar-refractivity contribution in [1.29, 1.82) is 0 Å². The maximum Gasteiger partial charge on any atom is 0.240 e. The summed E-state index contributed by atoms with van der Waals surface area (Å²) >= 11 is 0. The Morgan fingerprint density at radius 2 is 2.11 bits per heavy atom. The van der Waals surface area contributed by atoms with E-state index in [0.717, 1.165) is 0 Å². The average molecular weight is 285 g/mol. The van der Waals surface area contributed by atoms with Gasteiger partial charge in [-0.05, 0) is 38.6 Å². The van der Waals surface area contributed by atoms with Crippen molar-refractivity contribution in [2.24, 2.45) is 5.73 Å². The van der Waals surface area contributed by atoms with Crippen molar-refractivity contribution in [2.75, 3.05) is 12.4 Å². The van der Waals surface area contributed by atoms with E-state index in [1.54, 1.807) is 12.1 Å². The topological polar surface area (TPSA) is 101 Å². The number of hydrogen-bond acceptors (Lipinski definition) is 4. The van der Waals surface area contributed by atoms with Gasteiger partial charge in [-0.2, -0.15) is 0 Å². The molecule has 1 aromatic rings. The van der Waals surface area contributed by atoms with E-state index in [-0.39, 0.29) is 16.8 Å². The van der Waals surface area contributed by atoms with Crippen LogP contribution in [0.5, 0.6) is 0 Å². The molecule has 0 aliphatic carbocycles. The van der Waals surface area contributed by atoms with Crippen LogP contribution in [0.1, 0.15) is 19.8 Å². The first-order valence-corrected chi connectivity index (χ1v) is 7.42. The lowest BCUT2D eigenvalue weighted by Crippen LogP contribution is -2.20. The van der Waals surface area contributed by atoms with Gasteiger partial charge in [0.15, 0.2) is 0 Å². The number of hydrogen-bond donors (Lipinski definition) is 3. The number of carbonyl (C=O) groups excluding carboxylic acids is 1. The van der Waals surface area contributed by atoms with Crippen LogP contribution in [0.3, 0.4) is 0 Å². The van der Waals surface area contributed by atoms with Gasteiger partial charge in [0.1, 0.15) is 0 Å². The summed E-state index contributed by atoms with van der Waals surface area (Å²) in [4.78, 5) is 11.7. The Morgan fingerprint density at radius 3 is 2.68 bits per heavy atom. The van der Waals surface area contributed by atoms with E-state index >= 15 is 0 Å². The van der Waals surface area contributed by atoms with Crippen LogP contribution in [0.25, 0.3) is 0 Å². The van der Waals surface area contributed by atoms with Crippen molar-refractivity contribution in [2.45, 2.75) is 30.7 Å². The standard InChI is InChI=1S/C12H19N3O3S/c1-9(13)6-7-12(16)15-10-4-3-5-11(8-10)19(17,18)14-2/h3-5,8-9,14H,6-7,13H2,1-2H3,(H,15,16). The molecule has 0 heterocycles. The number of rotatable bonds is 6. The van der Waals surface area contributed by atoms with Crippen LogP contribution in [0.2, 0.25) is 0 Å². The van der Waals surface area contributed by atoms with Crippen molar-refractivity contribution >= 4 is 21.6 Å². The van der Waals surface area contributed by atoms with Gasteiger partial charge in [0.05, 0.1) is 4.90 Å². The summed E-state index contributed by atoms with van der Waals surface area (Å²) in [5.41, 5.74) is 6.02. The lowest BCUT2D eigenvalue weighted by Gasteiger charge is -2.08. The highest BCUT2D eigenvalue weighted by Gasteiger charge is 2.12. The fourth-order valence-corrected chi connectivity index (χ4v) is 2.22. The Hall–Kier alpha value is -1.44. The van der Waals surface area contributed by atoms with E-state index in [1.165, 1.54) is 19.2 Å². The summed E-state index contributed by atoms with van der Waals surface area (Å²) in [5.74, 6) is -0.184. The molecule has 1 unspecified atom stereocenters. The molecule has 0 bridgehead atoms. The Balaban J connectivity index is 2.75. The summed E-state index contributed by atoms with van der Waals surface area (Å²) in [7, 11) is -2.17. The summed E-state index contributed by atoms with van der Waals surface area (Å²) in [6.45, 7) is 1.83. The average Bonchev–Trinajstić information content (AvgIpc) is 2.36. The summed E-state index contributed by atoms with van der Waals surface area (Å²) < 4.78 is 25.4. The van der Waals surface area contributed by atoms with E-state index in [1.807, 2.05) is 6.92 Å². The van der Waals surface area contributed by atoms with Gasteiger partial charge in [-0.3, -0.25) is 4.79 Å². The third kappa shape index (κ3) is 4.98. The largest absolute Gasteiger partial charge is 0.328 e. The minimum atomic E-state index is -3.50. The second-order valence-electron chi connectivity index (χ2n) is 4.30. The quantitative estimate of drug-likeness (QED) is 0.714. The minimum Gasteiger partial charge on any atom is -0.328 e. The number of sulfonamides is 1. The smallest absolute Gasteiger partial charge is 0.240 e. The maximum absolute atomic E-state index is 11.6. The lowest BCUT2D eigenvalue weighted by atomic mass is 10.2. The highest BCUT2D eigenvalue weighted by Crippen LogP contribution is 2.15. The van der Waals surface area contributed by atoms with Gasteiger partial charge in [0, 0.05) is 18.2 Å². The third-order valence-corrected chi connectivity index (χ3v) is 3.94. The number of anilines is 1. The SMILES string of the molecule is CNS(=O)(=O)c1cccc(NC(=O)CCC(C)N)c1. The van der Waals surface area contributed by atoms with Crippen LogP contribution in [0.15, 0.2) is 29.2 Å². The normalized spacial score (nSPS) is 13.0. The van der Waals surface area contributed by atoms with Crippen LogP contribution in [0, 0.1) is 0 Å². The molecule has 1 rings (SSSR count). The molecule has 1 aromatic carbocycles. The fourth-order valence-electron chi connectivity index (χ4n) is 1.44. The number of benzene rings is 1. The Labute approximate surface area is 113 Å². The number of amides is 1. The van der Waals surface area contributed by atoms with Gasteiger partial charge in [-0.25, -0.2) is 13.1 Å². The first-order valence-electron chi connectivity index (χ1n) is 5.94. The molecule has 4 N–H and O–H groups in total. The first kappa shape index (κ1) is 15.6. The molecule has 1 amide bonds. The molecule has 6 nitrogen and oxygen atoms in total. The van der Waals surface area contributed by atoms with Gasteiger partial charge in [0.2, 0.25) is 15.9 Å². The minimum absolute atomic E-state index is 0.0400. The van der Waals surface area contributed by atoms with Gasteiger partial charge in [-0.15, -0.1) is 0 Å². The molecule has 0 aliphatic rings. The highest BCUT2D eigenvalue weighted by molar-refractivity contribution is 7.89. The molecule has 0 saturated heterocycles. The zero-order chi connectivity index (χ0) is 14.5. The van der Waals surface area contributed by atoms with Gasteiger partial charge >= 0.3 is 0 Å². The zero-order valence-corrected chi connectivity index (χ0v) is 11.8. The van der Waals surface area contributed by atoms with E-state index < -0.39 is 10.0 Å². The van der Waals surface area contributed by atoms with Gasteiger partial charge < -0.3 is 11.1 Å². The molecule has 0 saturated carbocycles. The molecule has 1 atom stereocenters. The van der Waals surface area contributed by atoms with Crippen LogP contribution in [-0.2, 0) is 14.8 Å². The van der Waals surface area contributed by atoms with Crippen molar-refractivity contribution in [1.82, 2.24) is 4.72 Å². The monoisotopic (exact) mass is 285 g/mol. The molecule has 0 fully saturated rings. The first-order chi connectivity index (χ1) is 8.85. The van der Waals surface area contributed by atoms with E-state index in [0.29, 0.717) is 18.5 Å². The van der Waals surface area contributed by atoms with Crippen molar-refractivity contribution in [3.63, 3.8) is 0 Å². The molecule has 0 aromatic heterocycles. The predicted molar refractivity (Wildman–Crippen MR) is 74.2 cm³/mol. The molecule has 0 spiro atoms. The van der Waals surface area contributed by atoms with E-state index in [4.69, 9.17) is 5.73 Å². The maximum atomic E-state index is 11.6. The van der Waals surface area contributed by atoms with E-state index in [9.17, 15) is 13.2 Å². The zero-order valence-electron chi connectivity index (χ0n) is 11.0. The van der Waals surface area contributed by atoms with E-state index in [2.05, 4.69) is 10.0 Å². The third-order valence-electron chi connectivity index (χ3n) is 2.52. The lowest BCUT2D eigenvalue weighted by molar-refractivity contribution is -0.116. The Kier molecular flexibility index (Phi) is 5.46. The Morgan fingerprint density at radius 1 is 1.42 bits per heavy atom. The predicted octanol–water partition coefficient (Wildman–Crippen LogP) is 0.661. The second kappa shape index (κ2) is 6.65. The Bertz CT molecular complexity index is 541. The molecule has 0 radical (unpaired) electrons. The fraction of sp³-hybridized carbons (Fsp3) is 0.417. The van der Waals surface area contributed by atoms with Crippen LogP contribution in [0.4, 0.5) is 5.69 Å². The van der Waals surface area contributed by atoms with Gasteiger partial charge in [-0.1, -0.05) is 6.07 Å². The molecule has 106 valence electrons. The summed E-state index contributed by atoms with van der Waals surface area (Å²) in [6.07, 6.45) is 0.890. The van der Waals surface area contributed by atoms with Crippen LogP contribution in [-0.4, -0.2) is 27.4 Å². The number of nitrogens with two attached hydrogens (primary N) is 1. The van der Waals surface area contributed by atoms with Gasteiger partial charge in [0.25, 0.3) is 0 Å². The molecule has 19 heavy (non-hydrogen) atoms. The van der Waals surface area contributed by atoms with Crippen LogP contribution < -0.4 is 15.8 Å². The second-order valence-corrected chi connectivity index (χ2v) is 6.19. The van der Waals surface area contributed by atoms with Crippen LogP contribution >= 0.6 is 0 Å². The van der Waals surface area contributed by atoms with Crippen molar-refractivity contribution in [3.8, 4) is 0 Å². The molecule has 0 aliphatic heterocycles. The molecular formula is C12H19N3O3S. The summed E-state index contributed by atoms with van der Waals surface area (Å²) in [6, 6.07) is 6.05. The van der Waals surface area contributed by atoms with Crippen molar-refractivity contribution in [3.05, 3.63) is 24.3 Å². The molecule has 7 heteroatoms. The number of carbonyl (C=O) groups is 1. The summed E-state index contributed by atoms with van der Waals surface area (Å²) in [5, 5.41) is 2.65. The molecular weight excluding hydrogens is 266 g/mol.